The summed E-state index contributed by atoms with van der Waals surface area (Å²) in [5.41, 5.74) is 0. The Balaban J connectivity index is 3.72. The first-order valence-electron chi connectivity index (χ1n) is 7.37. The summed E-state index contributed by atoms with van der Waals surface area (Å²) in [6.07, 6.45) is 3.26. The van der Waals surface area contributed by atoms with Crippen LogP contribution < -0.4 is 5.32 Å². The van der Waals surface area contributed by atoms with Crippen LogP contribution in [0.5, 0.6) is 0 Å². The Morgan fingerprint density at radius 3 is 2.32 bits per heavy atom. The molecule has 0 aliphatic rings. The molecule has 0 spiro atoms. The molecule has 0 saturated heterocycles. The van der Waals surface area contributed by atoms with Crippen LogP contribution in [-0.2, 0) is 4.74 Å². The summed E-state index contributed by atoms with van der Waals surface area (Å²) in [5, 5.41) is 3.38. The first-order chi connectivity index (χ1) is 8.99. The van der Waals surface area contributed by atoms with Crippen LogP contribution in [0.1, 0.15) is 58.8 Å². The molecule has 116 valence electrons. The first kappa shape index (κ1) is 18.7. The lowest BCUT2D eigenvalue weighted by atomic mass is 10.0. The summed E-state index contributed by atoms with van der Waals surface area (Å²) < 4.78 is 40.5. The van der Waals surface area contributed by atoms with Gasteiger partial charge in [0.25, 0.3) is 0 Å². The van der Waals surface area contributed by atoms with Gasteiger partial charge in [0.05, 0.1) is 0 Å². The zero-order valence-corrected chi connectivity index (χ0v) is 12.2. The summed E-state index contributed by atoms with van der Waals surface area (Å²) in [5.74, 6) is 0. The molecule has 0 fully saturated rings. The van der Waals surface area contributed by atoms with Gasteiger partial charge in [-0.3, -0.25) is 0 Å². The molecule has 0 aliphatic carbocycles. The minimum atomic E-state index is -4.21. The third-order valence-corrected chi connectivity index (χ3v) is 2.97. The van der Waals surface area contributed by atoms with Crippen LogP contribution in [0, 0.1) is 0 Å². The van der Waals surface area contributed by atoms with Crippen molar-refractivity contribution in [2.45, 2.75) is 71.0 Å². The van der Waals surface area contributed by atoms with Crippen LogP contribution >= 0.6 is 0 Å². The maximum atomic E-state index is 11.9. The van der Waals surface area contributed by atoms with E-state index >= 15 is 0 Å². The zero-order chi connectivity index (χ0) is 14.6. The maximum absolute atomic E-state index is 11.9. The second-order valence-corrected chi connectivity index (χ2v) is 4.96. The number of ether oxygens (including phenoxy) is 1. The summed E-state index contributed by atoms with van der Waals surface area (Å²) in [7, 11) is 0. The average molecular weight is 283 g/mol. The van der Waals surface area contributed by atoms with Crippen molar-refractivity contribution in [2.75, 3.05) is 19.8 Å². The second-order valence-electron chi connectivity index (χ2n) is 4.96. The Morgan fingerprint density at radius 1 is 1.00 bits per heavy atom. The highest BCUT2D eigenvalue weighted by Crippen LogP contribution is 2.15. The molecule has 2 nitrogen and oxygen atoms in total. The molecule has 0 amide bonds. The molecule has 1 unspecified atom stereocenters. The quantitative estimate of drug-likeness (QED) is 0.539. The molecule has 5 heteroatoms. The van der Waals surface area contributed by atoms with Crippen molar-refractivity contribution in [3.63, 3.8) is 0 Å². The van der Waals surface area contributed by atoms with Crippen LogP contribution in [0.3, 0.4) is 0 Å². The van der Waals surface area contributed by atoms with Crippen LogP contribution in [-0.4, -0.2) is 32.0 Å². The highest BCUT2D eigenvalue weighted by molar-refractivity contribution is 4.66. The van der Waals surface area contributed by atoms with Gasteiger partial charge in [0, 0.05) is 12.6 Å². The van der Waals surface area contributed by atoms with E-state index in [0.29, 0.717) is 6.42 Å². The standard InChI is InChI=1S/C14H28F3NO/c1-3-5-6-7-8-13(18-10-4-2)9-11-19-12-14(15,16)17/h13,18H,3-12H2,1-2H3. The lowest BCUT2D eigenvalue weighted by Gasteiger charge is -2.18. The van der Waals surface area contributed by atoms with Gasteiger partial charge in [-0.1, -0.05) is 39.5 Å². The highest BCUT2D eigenvalue weighted by Gasteiger charge is 2.27. The predicted molar refractivity (Wildman–Crippen MR) is 72.3 cm³/mol. The fourth-order valence-electron chi connectivity index (χ4n) is 1.93. The largest absolute Gasteiger partial charge is 0.411 e. The van der Waals surface area contributed by atoms with Crippen LogP contribution in [0.4, 0.5) is 13.2 Å². The molecule has 0 aliphatic heterocycles. The average Bonchev–Trinajstić information content (AvgIpc) is 2.34. The topological polar surface area (TPSA) is 21.3 Å². The SMILES string of the molecule is CCCCCCC(CCOCC(F)(F)F)NCCC. The normalized spacial score (nSPS) is 13.7. The third-order valence-electron chi connectivity index (χ3n) is 2.97. The molecule has 19 heavy (non-hydrogen) atoms. The highest BCUT2D eigenvalue weighted by atomic mass is 19.4. The molecule has 0 aromatic carbocycles. The van der Waals surface area contributed by atoms with Crippen molar-refractivity contribution in [3.05, 3.63) is 0 Å². The van der Waals surface area contributed by atoms with Gasteiger partial charge in [-0.25, -0.2) is 0 Å². The van der Waals surface area contributed by atoms with Gasteiger partial charge in [0.15, 0.2) is 0 Å². The van der Waals surface area contributed by atoms with Gasteiger partial charge in [0.1, 0.15) is 6.61 Å². The van der Waals surface area contributed by atoms with Gasteiger partial charge in [0.2, 0.25) is 0 Å². The Hall–Kier alpha value is -0.290. The number of alkyl halides is 3. The predicted octanol–water partition coefficient (Wildman–Crippen LogP) is 4.29. The van der Waals surface area contributed by atoms with Crippen molar-refractivity contribution in [3.8, 4) is 0 Å². The molecule has 0 saturated carbocycles. The molecule has 0 aromatic heterocycles. The van der Waals surface area contributed by atoms with Crippen molar-refractivity contribution in [1.82, 2.24) is 5.32 Å². The van der Waals surface area contributed by atoms with E-state index in [-0.39, 0.29) is 12.6 Å². The monoisotopic (exact) mass is 283 g/mol. The number of unbranched alkanes of at least 4 members (excludes halogenated alkanes) is 3. The van der Waals surface area contributed by atoms with Crippen molar-refractivity contribution in [1.29, 1.82) is 0 Å². The number of hydrogen-bond donors (Lipinski definition) is 1. The van der Waals surface area contributed by atoms with E-state index in [1.54, 1.807) is 0 Å². The molecule has 0 bridgehead atoms. The molecular formula is C14H28F3NO. The smallest absolute Gasteiger partial charge is 0.372 e. The number of nitrogens with one attached hydrogen (secondary N) is 1. The van der Waals surface area contributed by atoms with E-state index in [9.17, 15) is 13.2 Å². The van der Waals surface area contributed by atoms with E-state index in [0.717, 1.165) is 25.8 Å². The van der Waals surface area contributed by atoms with Gasteiger partial charge >= 0.3 is 6.18 Å². The zero-order valence-electron chi connectivity index (χ0n) is 12.2. The summed E-state index contributed by atoms with van der Waals surface area (Å²) in [6, 6.07) is 0.282. The molecule has 0 heterocycles. The number of hydrogen-bond acceptors (Lipinski definition) is 2. The van der Waals surface area contributed by atoms with Crippen LogP contribution in [0.2, 0.25) is 0 Å². The van der Waals surface area contributed by atoms with E-state index in [1.807, 2.05) is 0 Å². The fourth-order valence-corrected chi connectivity index (χ4v) is 1.93. The Bertz CT molecular complexity index is 198. The lowest BCUT2D eigenvalue weighted by molar-refractivity contribution is -0.174. The van der Waals surface area contributed by atoms with E-state index in [1.165, 1.54) is 19.3 Å². The Labute approximate surface area is 115 Å². The molecule has 0 aromatic rings. The minimum Gasteiger partial charge on any atom is -0.372 e. The summed E-state index contributed by atoms with van der Waals surface area (Å²) in [6.45, 7) is 4.20. The van der Waals surface area contributed by atoms with Gasteiger partial charge in [-0.05, 0) is 25.8 Å². The van der Waals surface area contributed by atoms with E-state index in [4.69, 9.17) is 0 Å². The fraction of sp³-hybridized carbons (Fsp3) is 1.00. The maximum Gasteiger partial charge on any atom is 0.411 e. The second kappa shape index (κ2) is 11.5. The van der Waals surface area contributed by atoms with Crippen molar-refractivity contribution < 1.29 is 17.9 Å². The lowest BCUT2D eigenvalue weighted by Crippen LogP contribution is -2.31. The van der Waals surface area contributed by atoms with Gasteiger partial charge in [-0.2, -0.15) is 13.2 Å². The number of rotatable bonds is 12. The molecule has 1 atom stereocenters. The molecule has 1 N–H and O–H groups in total. The third kappa shape index (κ3) is 13.9. The van der Waals surface area contributed by atoms with Crippen LogP contribution in [0.15, 0.2) is 0 Å². The number of halogens is 3. The first-order valence-corrected chi connectivity index (χ1v) is 7.37. The van der Waals surface area contributed by atoms with E-state index in [2.05, 4.69) is 23.9 Å². The van der Waals surface area contributed by atoms with Crippen LogP contribution in [0.25, 0.3) is 0 Å². The Kier molecular flexibility index (Phi) is 11.4. The van der Waals surface area contributed by atoms with Crippen molar-refractivity contribution in [2.24, 2.45) is 0 Å². The summed E-state index contributed by atoms with van der Waals surface area (Å²) >= 11 is 0. The van der Waals surface area contributed by atoms with Gasteiger partial charge < -0.3 is 10.1 Å². The minimum absolute atomic E-state index is 0.175. The molecular weight excluding hydrogens is 255 g/mol. The molecule has 0 radical (unpaired) electrons. The van der Waals surface area contributed by atoms with Crippen molar-refractivity contribution >= 4 is 0 Å². The molecule has 0 rings (SSSR count). The van der Waals surface area contributed by atoms with Gasteiger partial charge in [-0.15, -0.1) is 0 Å². The van der Waals surface area contributed by atoms with E-state index < -0.39 is 12.8 Å². The summed E-state index contributed by atoms with van der Waals surface area (Å²) in [4.78, 5) is 0. The Morgan fingerprint density at radius 2 is 1.74 bits per heavy atom.